The van der Waals surface area contributed by atoms with Crippen molar-refractivity contribution in [2.24, 2.45) is 11.8 Å². The number of thiophene rings is 1. The first-order valence-corrected chi connectivity index (χ1v) is 8.24. The first-order valence-electron chi connectivity index (χ1n) is 7.42. The van der Waals surface area contributed by atoms with Crippen molar-refractivity contribution in [1.82, 2.24) is 0 Å². The molecule has 0 aliphatic heterocycles. The number of benzene rings is 1. The average molecular weight is 338 g/mol. The lowest BCUT2D eigenvalue weighted by atomic mass is 9.90. The highest BCUT2D eigenvalue weighted by atomic mass is 32.1. The summed E-state index contributed by atoms with van der Waals surface area (Å²) in [4.78, 5) is 13.1. The molecular weight excluding hydrogens is 316 g/mol. The van der Waals surface area contributed by atoms with Gasteiger partial charge in [0.05, 0.1) is 19.1 Å². The predicted molar refractivity (Wildman–Crippen MR) is 90.4 cm³/mol. The van der Waals surface area contributed by atoms with Gasteiger partial charge in [-0.25, -0.2) is 0 Å². The number of hydrogen-bond acceptors (Lipinski definition) is 6. The summed E-state index contributed by atoms with van der Waals surface area (Å²) in [6.45, 7) is 3.75. The maximum absolute atomic E-state index is 12.5. The van der Waals surface area contributed by atoms with Crippen LogP contribution in [-0.4, -0.2) is 36.5 Å². The largest absolute Gasteiger partial charge is 0.493 e. The lowest BCUT2D eigenvalue weighted by Gasteiger charge is -2.21. The summed E-state index contributed by atoms with van der Waals surface area (Å²) in [6.07, 6.45) is -1.38. The Bertz CT molecular complexity index is 641. The van der Waals surface area contributed by atoms with Crippen molar-refractivity contribution in [3.05, 3.63) is 23.1 Å². The molecule has 0 aliphatic carbocycles. The van der Waals surface area contributed by atoms with E-state index in [4.69, 9.17) is 9.47 Å². The Morgan fingerprint density at radius 2 is 1.74 bits per heavy atom. The molecule has 1 heterocycles. The molecule has 6 heteroatoms. The van der Waals surface area contributed by atoms with E-state index in [1.54, 1.807) is 14.2 Å². The molecule has 126 valence electrons. The molecule has 0 spiro atoms. The predicted octanol–water partition coefficient (Wildman–Crippen LogP) is 3.07. The van der Waals surface area contributed by atoms with E-state index in [0.717, 1.165) is 10.1 Å². The van der Waals surface area contributed by atoms with E-state index in [0.29, 0.717) is 16.4 Å². The number of fused-ring (bicyclic) bond motifs is 1. The smallest absolute Gasteiger partial charge is 0.173 e. The standard InChI is InChI=1S/C17H22O5S/c1-9(2)11(17(19)20)7-12(18)16-6-10-5-13(21-3)14(22-4)8-15(10)23-16/h5-6,8-9,11,17,19-20H,7H2,1-4H3. The normalized spacial score (nSPS) is 12.9. The van der Waals surface area contributed by atoms with Gasteiger partial charge >= 0.3 is 0 Å². The van der Waals surface area contributed by atoms with Crippen LogP contribution in [0.25, 0.3) is 10.1 Å². The topological polar surface area (TPSA) is 76.0 Å². The zero-order valence-electron chi connectivity index (χ0n) is 13.7. The zero-order chi connectivity index (χ0) is 17.1. The lowest BCUT2D eigenvalue weighted by Crippen LogP contribution is -2.27. The molecular formula is C17H22O5S. The Hall–Kier alpha value is -1.63. The molecule has 1 atom stereocenters. The average Bonchev–Trinajstić information content (AvgIpc) is 2.92. The van der Waals surface area contributed by atoms with Crippen LogP contribution in [0.1, 0.15) is 29.9 Å². The molecule has 0 aliphatic rings. The number of Topliss-reactive ketones (excluding diaryl/α,β-unsaturated/α-hetero) is 1. The van der Waals surface area contributed by atoms with E-state index in [9.17, 15) is 15.0 Å². The number of aliphatic hydroxyl groups excluding tert-OH is 1. The van der Waals surface area contributed by atoms with E-state index in [1.807, 2.05) is 32.0 Å². The van der Waals surface area contributed by atoms with Gasteiger partial charge in [0.1, 0.15) is 0 Å². The van der Waals surface area contributed by atoms with Crippen LogP contribution >= 0.6 is 11.3 Å². The molecule has 0 bridgehead atoms. The monoisotopic (exact) mass is 338 g/mol. The highest BCUT2D eigenvalue weighted by Gasteiger charge is 2.25. The van der Waals surface area contributed by atoms with E-state index in [2.05, 4.69) is 0 Å². The third-order valence-corrected chi connectivity index (χ3v) is 5.10. The van der Waals surface area contributed by atoms with Gasteiger partial charge in [0.2, 0.25) is 0 Å². The third-order valence-electron chi connectivity index (χ3n) is 3.96. The Labute approximate surface area is 139 Å². The number of carbonyl (C=O) groups excluding carboxylic acids is 1. The second kappa shape index (κ2) is 7.29. The third kappa shape index (κ3) is 3.83. The van der Waals surface area contributed by atoms with Gasteiger partial charge in [-0.15, -0.1) is 11.3 Å². The van der Waals surface area contributed by atoms with Gasteiger partial charge in [-0.2, -0.15) is 0 Å². The fourth-order valence-corrected chi connectivity index (χ4v) is 3.53. The number of ether oxygens (including phenoxy) is 2. The van der Waals surface area contributed by atoms with Crippen LogP contribution in [0.5, 0.6) is 11.5 Å². The van der Waals surface area contributed by atoms with Crippen LogP contribution in [0.15, 0.2) is 18.2 Å². The molecule has 2 N–H and O–H groups in total. The molecule has 0 saturated carbocycles. The minimum atomic E-state index is -1.49. The second-order valence-electron chi connectivity index (χ2n) is 5.80. The number of rotatable bonds is 7. The molecule has 0 amide bonds. The Kier molecular flexibility index (Phi) is 5.62. The quantitative estimate of drug-likeness (QED) is 0.599. The minimum Gasteiger partial charge on any atom is -0.493 e. The SMILES string of the molecule is COc1cc2cc(C(=O)CC(C(C)C)C(O)O)sc2cc1OC. The maximum Gasteiger partial charge on any atom is 0.173 e. The van der Waals surface area contributed by atoms with Crippen molar-refractivity contribution in [2.45, 2.75) is 26.6 Å². The van der Waals surface area contributed by atoms with Crippen LogP contribution in [0.4, 0.5) is 0 Å². The number of carbonyl (C=O) groups is 1. The van der Waals surface area contributed by atoms with Crippen molar-refractivity contribution in [1.29, 1.82) is 0 Å². The van der Waals surface area contributed by atoms with Gasteiger partial charge in [0.15, 0.2) is 23.6 Å². The van der Waals surface area contributed by atoms with E-state index in [-0.39, 0.29) is 18.1 Å². The molecule has 2 aromatic rings. The van der Waals surface area contributed by atoms with E-state index < -0.39 is 12.2 Å². The van der Waals surface area contributed by atoms with Crippen molar-refractivity contribution in [3.63, 3.8) is 0 Å². The van der Waals surface area contributed by atoms with E-state index >= 15 is 0 Å². The van der Waals surface area contributed by atoms with Gasteiger partial charge < -0.3 is 19.7 Å². The summed E-state index contributed by atoms with van der Waals surface area (Å²) in [5.74, 6) is 0.676. The zero-order valence-corrected chi connectivity index (χ0v) is 14.5. The lowest BCUT2D eigenvalue weighted by molar-refractivity contribution is -0.0958. The Morgan fingerprint density at radius 1 is 1.13 bits per heavy atom. The highest BCUT2D eigenvalue weighted by molar-refractivity contribution is 7.20. The summed E-state index contributed by atoms with van der Waals surface area (Å²) in [5, 5.41) is 19.8. The summed E-state index contributed by atoms with van der Waals surface area (Å²) < 4.78 is 11.5. The van der Waals surface area contributed by atoms with Gasteiger partial charge in [-0.1, -0.05) is 13.8 Å². The Balaban J connectivity index is 2.31. The molecule has 1 aromatic heterocycles. The van der Waals surface area contributed by atoms with Gasteiger partial charge in [-0.05, 0) is 23.4 Å². The van der Waals surface area contributed by atoms with Crippen molar-refractivity contribution in [2.75, 3.05) is 14.2 Å². The second-order valence-corrected chi connectivity index (χ2v) is 6.89. The highest BCUT2D eigenvalue weighted by Crippen LogP contribution is 2.37. The molecule has 1 aromatic carbocycles. The van der Waals surface area contributed by atoms with Crippen molar-refractivity contribution < 1.29 is 24.5 Å². The maximum atomic E-state index is 12.5. The van der Waals surface area contributed by atoms with E-state index in [1.165, 1.54) is 11.3 Å². The van der Waals surface area contributed by atoms with Crippen molar-refractivity contribution in [3.8, 4) is 11.5 Å². The first-order chi connectivity index (χ1) is 10.9. The number of ketones is 1. The number of hydrogen-bond donors (Lipinski definition) is 2. The van der Waals surface area contributed by atoms with Gasteiger partial charge in [0.25, 0.3) is 0 Å². The first kappa shape index (κ1) is 17.7. The van der Waals surface area contributed by atoms with Crippen LogP contribution < -0.4 is 9.47 Å². The fraction of sp³-hybridized carbons (Fsp3) is 0.471. The Morgan fingerprint density at radius 3 is 2.26 bits per heavy atom. The summed E-state index contributed by atoms with van der Waals surface area (Å²) in [6, 6.07) is 5.49. The minimum absolute atomic E-state index is 0.00789. The molecule has 23 heavy (non-hydrogen) atoms. The fourth-order valence-electron chi connectivity index (χ4n) is 2.50. The van der Waals surface area contributed by atoms with Gasteiger partial charge in [0, 0.05) is 23.1 Å². The number of aliphatic hydroxyl groups is 2. The van der Waals surface area contributed by atoms with Crippen LogP contribution in [0.2, 0.25) is 0 Å². The van der Waals surface area contributed by atoms with Crippen LogP contribution in [0.3, 0.4) is 0 Å². The molecule has 2 rings (SSSR count). The molecule has 5 nitrogen and oxygen atoms in total. The van der Waals surface area contributed by atoms with Crippen LogP contribution in [0, 0.1) is 11.8 Å². The summed E-state index contributed by atoms with van der Waals surface area (Å²) >= 11 is 1.37. The molecule has 0 saturated heterocycles. The van der Waals surface area contributed by atoms with Gasteiger partial charge in [-0.3, -0.25) is 4.79 Å². The van der Waals surface area contributed by atoms with Crippen LogP contribution in [-0.2, 0) is 0 Å². The summed E-state index contributed by atoms with van der Waals surface area (Å²) in [7, 11) is 3.14. The molecule has 0 radical (unpaired) electrons. The molecule has 0 fully saturated rings. The molecule has 1 unspecified atom stereocenters. The van der Waals surface area contributed by atoms with Crippen molar-refractivity contribution >= 4 is 27.2 Å². The number of methoxy groups -OCH3 is 2. The summed E-state index contributed by atoms with van der Waals surface area (Å²) in [5.41, 5.74) is 0.